The van der Waals surface area contributed by atoms with Crippen LogP contribution in [0.4, 0.5) is 0 Å². The van der Waals surface area contributed by atoms with Crippen LogP contribution < -0.4 is 5.32 Å². The van der Waals surface area contributed by atoms with E-state index in [4.69, 9.17) is 0 Å². The molecule has 0 saturated carbocycles. The van der Waals surface area contributed by atoms with Gasteiger partial charge in [-0.1, -0.05) is 36.4 Å². The molecule has 0 atom stereocenters. The van der Waals surface area contributed by atoms with Crippen LogP contribution in [0.3, 0.4) is 0 Å². The lowest BCUT2D eigenvalue weighted by molar-refractivity contribution is -0.120. The Morgan fingerprint density at radius 3 is 2.65 bits per heavy atom. The van der Waals surface area contributed by atoms with E-state index in [2.05, 4.69) is 20.3 Å². The van der Waals surface area contributed by atoms with Crippen molar-refractivity contribution in [2.75, 3.05) is 12.3 Å². The van der Waals surface area contributed by atoms with Crippen molar-refractivity contribution >= 4 is 26.8 Å². The number of sulfone groups is 1. The summed E-state index contributed by atoms with van der Waals surface area (Å²) in [5.41, 5.74) is 1.77. The van der Waals surface area contributed by atoms with Gasteiger partial charge in [0.05, 0.1) is 10.6 Å². The van der Waals surface area contributed by atoms with Gasteiger partial charge in [0.1, 0.15) is 5.52 Å². The first-order valence-corrected chi connectivity index (χ1v) is 9.96. The van der Waals surface area contributed by atoms with Crippen LogP contribution in [0.1, 0.15) is 18.4 Å². The number of amides is 1. The van der Waals surface area contributed by atoms with Gasteiger partial charge in [0, 0.05) is 13.0 Å². The molecule has 136 valence electrons. The number of carbonyl (C=O) groups is 1. The van der Waals surface area contributed by atoms with Crippen LogP contribution >= 0.6 is 0 Å². The molecule has 0 radical (unpaired) electrons. The summed E-state index contributed by atoms with van der Waals surface area (Å²) in [6.07, 6.45) is 1.56. The van der Waals surface area contributed by atoms with E-state index in [9.17, 15) is 13.2 Å². The Labute approximate surface area is 151 Å². The number of fused-ring (bicyclic) bond motifs is 1. The van der Waals surface area contributed by atoms with Crippen LogP contribution in [-0.2, 0) is 21.1 Å². The topological polar surface area (TPSA) is 102 Å². The molecule has 1 amide bonds. The Hall–Kier alpha value is -2.74. The average molecular weight is 373 g/mol. The molecule has 1 aromatic heterocycles. The molecule has 0 aliphatic carbocycles. The summed E-state index contributed by atoms with van der Waals surface area (Å²) in [6.45, 7) is 0.510. The maximum atomic E-state index is 12.5. The third-order valence-corrected chi connectivity index (χ3v) is 5.73. The number of hydrogen-bond donors (Lipinski definition) is 1. The normalized spacial score (nSPS) is 11.5. The molecule has 0 spiro atoms. The van der Waals surface area contributed by atoms with Gasteiger partial charge in [0.25, 0.3) is 0 Å². The molecule has 7 nitrogen and oxygen atoms in total. The van der Waals surface area contributed by atoms with Crippen LogP contribution in [0.5, 0.6) is 0 Å². The Balaban J connectivity index is 1.48. The van der Waals surface area contributed by atoms with E-state index < -0.39 is 9.84 Å². The van der Waals surface area contributed by atoms with E-state index in [1.54, 1.807) is 12.1 Å². The van der Waals surface area contributed by atoms with Gasteiger partial charge in [-0.3, -0.25) is 4.79 Å². The second-order valence-corrected chi connectivity index (χ2v) is 7.97. The lowest BCUT2D eigenvalue weighted by Crippen LogP contribution is -2.26. The molecule has 1 heterocycles. The summed E-state index contributed by atoms with van der Waals surface area (Å²) < 4.78 is 29.5. The summed E-state index contributed by atoms with van der Waals surface area (Å²) >= 11 is 0. The Morgan fingerprint density at radius 2 is 1.85 bits per heavy atom. The van der Waals surface area contributed by atoms with Gasteiger partial charge >= 0.3 is 0 Å². The number of carbonyl (C=O) groups excluding carboxylic acids is 1. The second kappa shape index (κ2) is 8.09. The summed E-state index contributed by atoms with van der Waals surface area (Å²) in [4.78, 5) is 12.0. The highest BCUT2D eigenvalue weighted by Gasteiger charge is 2.21. The molecule has 0 bridgehead atoms. The SMILES string of the molecule is O=C(CCS(=O)(=O)c1cccc2nonc12)NCCCc1ccccc1. The molecule has 0 unspecified atom stereocenters. The number of hydrogen-bond acceptors (Lipinski definition) is 6. The lowest BCUT2D eigenvalue weighted by atomic mass is 10.1. The number of nitrogens with zero attached hydrogens (tertiary/aromatic N) is 2. The number of aromatic nitrogens is 2. The van der Waals surface area contributed by atoms with Crippen molar-refractivity contribution < 1.29 is 17.8 Å². The Kier molecular flexibility index (Phi) is 5.62. The van der Waals surface area contributed by atoms with Crippen LogP contribution in [0.25, 0.3) is 11.0 Å². The first kappa shape index (κ1) is 18.1. The highest BCUT2D eigenvalue weighted by Crippen LogP contribution is 2.21. The minimum atomic E-state index is -3.65. The number of rotatable bonds is 8. The molecule has 3 rings (SSSR count). The van der Waals surface area contributed by atoms with E-state index in [1.807, 2.05) is 30.3 Å². The number of benzene rings is 2. The molecule has 0 saturated heterocycles. The highest BCUT2D eigenvalue weighted by molar-refractivity contribution is 7.91. The van der Waals surface area contributed by atoms with Crippen molar-refractivity contribution in [1.29, 1.82) is 0 Å². The lowest BCUT2D eigenvalue weighted by Gasteiger charge is -2.07. The van der Waals surface area contributed by atoms with E-state index >= 15 is 0 Å². The summed E-state index contributed by atoms with van der Waals surface area (Å²) in [5, 5.41) is 10.0. The number of nitrogens with one attached hydrogen (secondary N) is 1. The van der Waals surface area contributed by atoms with Gasteiger partial charge in [-0.2, -0.15) is 0 Å². The first-order chi connectivity index (χ1) is 12.6. The molecule has 26 heavy (non-hydrogen) atoms. The predicted octanol–water partition coefficient (Wildman–Crippen LogP) is 2.14. The summed E-state index contributed by atoms with van der Waals surface area (Å²) in [6, 6.07) is 14.6. The van der Waals surface area contributed by atoms with Crippen molar-refractivity contribution in [1.82, 2.24) is 15.6 Å². The van der Waals surface area contributed by atoms with Crippen LogP contribution in [0.2, 0.25) is 0 Å². The zero-order chi connectivity index (χ0) is 18.4. The molecule has 8 heteroatoms. The van der Waals surface area contributed by atoms with Gasteiger partial charge in [0.15, 0.2) is 15.4 Å². The smallest absolute Gasteiger partial charge is 0.221 e. The zero-order valence-electron chi connectivity index (χ0n) is 14.1. The zero-order valence-corrected chi connectivity index (χ0v) is 14.9. The molecular formula is C18H19N3O4S. The molecule has 3 aromatic rings. The second-order valence-electron chi connectivity index (χ2n) is 5.90. The fourth-order valence-electron chi connectivity index (χ4n) is 2.62. The summed E-state index contributed by atoms with van der Waals surface area (Å²) in [5.74, 6) is -0.573. The monoisotopic (exact) mass is 373 g/mol. The molecule has 1 N–H and O–H groups in total. The van der Waals surface area contributed by atoms with Gasteiger partial charge < -0.3 is 5.32 Å². The van der Waals surface area contributed by atoms with Crippen molar-refractivity contribution in [3.8, 4) is 0 Å². The molecule has 0 fully saturated rings. The quantitative estimate of drug-likeness (QED) is 0.607. The predicted molar refractivity (Wildman–Crippen MR) is 96.2 cm³/mol. The van der Waals surface area contributed by atoms with Gasteiger partial charge in [-0.05, 0) is 40.9 Å². The third-order valence-electron chi connectivity index (χ3n) is 3.99. The molecule has 0 aliphatic rings. The van der Waals surface area contributed by atoms with Crippen molar-refractivity contribution in [2.45, 2.75) is 24.2 Å². The largest absolute Gasteiger partial charge is 0.356 e. The maximum Gasteiger partial charge on any atom is 0.221 e. The Morgan fingerprint density at radius 1 is 1.04 bits per heavy atom. The minimum Gasteiger partial charge on any atom is -0.356 e. The van der Waals surface area contributed by atoms with Crippen LogP contribution in [-0.4, -0.2) is 36.9 Å². The van der Waals surface area contributed by atoms with Crippen molar-refractivity contribution in [3.63, 3.8) is 0 Å². The fourth-order valence-corrected chi connectivity index (χ4v) is 4.02. The average Bonchev–Trinajstić information content (AvgIpc) is 3.13. The first-order valence-electron chi connectivity index (χ1n) is 8.31. The van der Waals surface area contributed by atoms with E-state index in [0.717, 1.165) is 12.8 Å². The fraction of sp³-hybridized carbons (Fsp3) is 0.278. The van der Waals surface area contributed by atoms with E-state index in [0.29, 0.717) is 12.1 Å². The third kappa shape index (κ3) is 4.45. The van der Waals surface area contributed by atoms with E-state index in [1.165, 1.54) is 11.6 Å². The molecule has 0 aliphatic heterocycles. The van der Waals surface area contributed by atoms with Crippen molar-refractivity contribution in [3.05, 3.63) is 54.1 Å². The van der Waals surface area contributed by atoms with Gasteiger partial charge in [-0.25, -0.2) is 13.0 Å². The molecular weight excluding hydrogens is 354 g/mol. The van der Waals surface area contributed by atoms with Gasteiger partial charge in [0.2, 0.25) is 5.91 Å². The minimum absolute atomic E-state index is 0.0353. The molecule has 2 aromatic carbocycles. The van der Waals surface area contributed by atoms with Crippen LogP contribution in [0, 0.1) is 0 Å². The van der Waals surface area contributed by atoms with Crippen molar-refractivity contribution in [2.24, 2.45) is 0 Å². The maximum absolute atomic E-state index is 12.5. The highest BCUT2D eigenvalue weighted by atomic mass is 32.2. The standard InChI is InChI=1S/C18H19N3O4S/c22-17(19-12-5-8-14-6-2-1-3-7-14)11-13-26(23,24)16-10-4-9-15-18(16)21-25-20-15/h1-4,6-7,9-10H,5,8,11-13H2,(H,19,22). The van der Waals surface area contributed by atoms with Gasteiger partial charge in [-0.15, -0.1) is 0 Å². The van der Waals surface area contributed by atoms with Crippen LogP contribution in [0.15, 0.2) is 58.1 Å². The number of aryl methyl sites for hydroxylation is 1. The summed E-state index contributed by atoms with van der Waals surface area (Å²) in [7, 11) is -3.65. The van der Waals surface area contributed by atoms with E-state index in [-0.39, 0.29) is 28.5 Å². The Bertz CT molecular complexity index is 984.